The first kappa shape index (κ1) is 13.0. The summed E-state index contributed by atoms with van der Waals surface area (Å²) in [6.45, 7) is 16.2. The summed E-state index contributed by atoms with van der Waals surface area (Å²) >= 11 is 0. The highest BCUT2D eigenvalue weighted by Gasteiger charge is 2.11. The second kappa shape index (κ2) is 5.05. The van der Waals surface area contributed by atoms with E-state index in [0.717, 1.165) is 12.8 Å². The zero-order valence-corrected chi connectivity index (χ0v) is 9.98. The molecule has 0 aliphatic heterocycles. The van der Waals surface area contributed by atoms with Gasteiger partial charge in [0.2, 0.25) is 0 Å². The van der Waals surface area contributed by atoms with Crippen LogP contribution in [0.5, 0.6) is 0 Å². The lowest BCUT2D eigenvalue weighted by Crippen LogP contribution is -2.06. The maximum atomic E-state index is 3.79. The van der Waals surface area contributed by atoms with Crippen molar-refractivity contribution in [1.29, 1.82) is 0 Å². The molecule has 0 heteroatoms. The maximum absolute atomic E-state index is 3.79. The van der Waals surface area contributed by atoms with E-state index >= 15 is 0 Å². The van der Waals surface area contributed by atoms with Crippen molar-refractivity contribution >= 4 is 0 Å². The normalized spacial score (nSPS) is 11.4. The molecule has 14 heavy (non-hydrogen) atoms. The fourth-order valence-electron chi connectivity index (χ4n) is 0.725. The Hall–Kier alpha value is -0.960. The fraction of sp³-hybridized carbons (Fsp3) is 0.571. The average Bonchev–Trinajstić information content (AvgIpc) is 2.13. The van der Waals surface area contributed by atoms with Gasteiger partial charge in [0.15, 0.2) is 0 Å². The lowest BCUT2D eigenvalue weighted by atomic mass is 9.88. The van der Waals surface area contributed by atoms with E-state index in [0.29, 0.717) is 0 Å². The molecule has 0 aromatic rings. The summed E-state index contributed by atoms with van der Waals surface area (Å²) in [5, 5.41) is 0. The van der Waals surface area contributed by atoms with Crippen LogP contribution in [0.15, 0.2) is 25.3 Å². The smallest absolute Gasteiger partial charge is 0.0175 e. The molecule has 0 aromatic heterocycles. The first-order chi connectivity index (χ1) is 6.33. The summed E-state index contributed by atoms with van der Waals surface area (Å²) in [4.78, 5) is 0. The van der Waals surface area contributed by atoms with Crippen LogP contribution >= 0.6 is 0 Å². The minimum Gasteiger partial charge on any atom is -0.103 e. The molecule has 0 saturated carbocycles. The highest BCUT2D eigenvalue weighted by Crippen LogP contribution is 2.22. The summed E-state index contributed by atoms with van der Waals surface area (Å²) in [7, 11) is 0. The van der Waals surface area contributed by atoms with Crippen LogP contribution in [0.25, 0.3) is 0 Å². The van der Waals surface area contributed by atoms with E-state index in [9.17, 15) is 0 Å². The number of hydrogen-bond donors (Lipinski definition) is 0. The van der Waals surface area contributed by atoms with Crippen molar-refractivity contribution in [3.05, 3.63) is 25.3 Å². The van der Waals surface area contributed by atoms with Gasteiger partial charge >= 0.3 is 0 Å². The Kier molecular flexibility index (Phi) is 4.71. The highest BCUT2D eigenvalue weighted by atomic mass is 14.2. The first-order valence-electron chi connectivity index (χ1n) is 5.06. The molecule has 0 aliphatic rings. The van der Waals surface area contributed by atoms with Gasteiger partial charge in [0.1, 0.15) is 0 Å². The van der Waals surface area contributed by atoms with Crippen LogP contribution < -0.4 is 0 Å². The largest absolute Gasteiger partial charge is 0.103 e. The van der Waals surface area contributed by atoms with Crippen LogP contribution in [-0.4, -0.2) is 0 Å². The summed E-state index contributed by atoms with van der Waals surface area (Å²) in [6, 6.07) is 0. The van der Waals surface area contributed by atoms with E-state index in [-0.39, 0.29) is 10.8 Å². The minimum atomic E-state index is 0.130. The fourth-order valence-corrected chi connectivity index (χ4v) is 0.725. The molecule has 0 saturated heterocycles. The Bertz CT molecular complexity index is 229. The maximum Gasteiger partial charge on any atom is 0.0175 e. The van der Waals surface area contributed by atoms with E-state index in [2.05, 4.69) is 52.7 Å². The second-order valence-electron chi connectivity index (χ2n) is 5.09. The van der Waals surface area contributed by atoms with Crippen LogP contribution in [0, 0.1) is 22.7 Å². The van der Waals surface area contributed by atoms with Gasteiger partial charge in [-0.3, -0.25) is 0 Å². The molecule has 0 rings (SSSR count). The third kappa shape index (κ3) is 5.65. The van der Waals surface area contributed by atoms with Crippen molar-refractivity contribution in [1.82, 2.24) is 0 Å². The van der Waals surface area contributed by atoms with Crippen LogP contribution in [-0.2, 0) is 0 Å². The molecular weight excluding hydrogens is 168 g/mol. The van der Waals surface area contributed by atoms with Gasteiger partial charge in [0, 0.05) is 12.8 Å². The molecule has 0 heterocycles. The molecule has 0 atom stereocenters. The third-order valence-corrected chi connectivity index (χ3v) is 2.32. The summed E-state index contributed by atoms with van der Waals surface area (Å²) in [5.41, 5.74) is 0.261. The zero-order valence-electron chi connectivity index (χ0n) is 9.98. The molecule has 78 valence electrons. The molecule has 0 aliphatic carbocycles. The van der Waals surface area contributed by atoms with E-state index < -0.39 is 0 Å². The van der Waals surface area contributed by atoms with Crippen LogP contribution in [0.3, 0.4) is 0 Å². The topological polar surface area (TPSA) is 0 Å². The Labute approximate surface area is 89.1 Å². The molecule has 0 bridgehead atoms. The Morgan fingerprint density at radius 1 is 0.857 bits per heavy atom. The Morgan fingerprint density at radius 2 is 1.14 bits per heavy atom. The average molecular weight is 190 g/mol. The van der Waals surface area contributed by atoms with Gasteiger partial charge in [-0.15, -0.1) is 25.0 Å². The van der Waals surface area contributed by atoms with Gasteiger partial charge in [-0.2, -0.15) is 0 Å². The van der Waals surface area contributed by atoms with E-state index in [1.807, 2.05) is 12.2 Å². The molecule has 0 fully saturated rings. The Balaban J connectivity index is 4.09. The summed E-state index contributed by atoms with van der Waals surface area (Å²) in [6.07, 6.45) is 5.67. The molecule has 0 N–H and O–H groups in total. The third-order valence-electron chi connectivity index (χ3n) is 2.32. The predicted molar refractivity (Wildman–Crippen MR) is 65.0 cm³/mol. The van der Waals surface area contributed by atoms with Gasteiger partial charge in [-0.05, 0) is 10.8 Å². The van der Waals surface area contributed by atoms with Crippen molar-refractivity contribution in [3.8, 4) is 11.8 Å². The van der Waals surface area contributed by atoms with Crippen LogP contribution in [0.4, 0.5) is 0 Å². The zero-order chi connectivity index (χ0) is 11.2. The lowest BCUT2D eigenvalue weighted by molar-refractivity contribution is 0.489. The monoisotopic (exact) mass is 190 g/mol. The number of allylic oxidation sites excluding steroid dienone is 2. The van der Waals surface area contributed by atoms with Crippen molar-refractivity contribution in [2.75, 3.05) is 0 Å². The second-order valence-corrected chi connectivity index (χ2v) is 5.09. The summed E-state index contributed by atoms with van der Waals surface area (Å²) in [5.74, 6) is 6.40. The number of rotatable bonds is 4. The molecule has 0 radical (unpaired) electrons. The molecule has 0 nitrogen and oxygen atoms in total. The summed E-state index contributed by atoms with van der Waals surface area (Å²) < 4.78 is 0. The standard InChI is InChI=1S/C14H22/c1-7-13(3,4)11-9-10-12-14(5,6)8-2/h7-8H,1-2,11-12H2,3-6H3. The first-order valence-corrected chi connectivity index (χ1v) is 5.06. The van der Waals surface area contributed by atoms with E-state index in [4.69, 9.17) is 0 Å². The van der Waals surface area contributed by atoms with Crippen LogP contribution in [0.2, 0.25) is 0 Å². The van der Waals surface area contributed by atoms with Gasteiger partial charge in [0.25, 0.3) is 0 Å². The quantitative estimate of drug-likeness (QED) is 0.460. The van der Waals surface area contributed by atoms with Gasteiger partial charge in [0.05, 0.1) is 0 Å². The molecule has 0 unspecified atom stereocenters. The highest BCUT2D eigenvalue weighted by molar-refractivity contribution is 5.08. The van der Waals surface area contributed by atoms with E-state index in [1.165, 1.54) is 0 Å². The Morgan fingerprint density at radius 3 is 1.36 bits per heavy atom. The van der Waals surface area contributed by atoms with Crippen molar-refractivity contribution < 1.29 is 0 Å². The minimum absolute atomic E-state index is 0.130. The van der Waals surface area contributed by atoms with E-state index in [1.54, 1.807) is 0 Å². The molecule has 0 amide bonds. The molecular formula is C14H22. The number of hydrogen-bond acceptors (Lipinski definition) is 0. The van der Waals surface area contributed by atoms with Crippen molar-refractivity contribution in [3.63, 3.8) is 0 Å². The van der Waals surface area contributed by atoms with Crippen LogP contribution in [0.1, 0.15) is 40.5 Å². The van der Waals surface area contributed by atoms with Gasteiger partial charge in [-0.1, -0.05) is 39.8 Å². The molecule has 0 aromatic carbocycles. The predicted octanol–water partition coefficient (Wildman–Crippen LogP) is 4.19. The van der Waals surface area contributed by atoms with Gasteiger partial charge < -0.3 is 0 Å². The lowest BCUT2D eigenvalue weighted by Gasteiger charge is -2.16. The van der Waals surface area contributed by atoms with Crippen molar-refractivity contribution in [2.45, 2.75) is 40.5 Å². The molecule has 0 spiro atoms. The van der Waals surface area contributed by atoms with Crippen molar-refractivity contribution in [2.24, 2.45) is 10.8 Å². The SMILES string of the molecule is C=CC(C)(C)CC#CCC(C)(C)C=C. The van der Waals surface area contributed by atoms with Gasteiger partial charge in [-0.25, -0.2) is 0 Å².